The van der Waals surface area contributed by atoms with E-state index in [1.165, 1.54) is 37.4 Å². The molecule has 15 heteroatoms. The Morgan fingerprint density at radius 3 is 2.43 bits per heavy atom. The first kappa shape index (κ1) is 36.4. The number of nitrogens with zero attached hydrogens (tertiary/aromatic N) is 3. The van der Waals surface area contributed by atoms with Gasteiger partial charge in [-0.25, -0.2) is 14.0 Å². The summed E-state index contributed by atoms with van der Waals surface area (Å²) in [6, 6.07) is 9.05. The van der Waals surface area contributed by atoms with Crippen molar-refractivity contribution in [2.45, 2.75) is 44.0 Å². The lowest BCUT2D eigenvalue weighted by Crippen LogP contribution is -2.54. The Balaban J connectivity index is 1.27. The molecular weight excluding hydrogens is 692 g/mol. The van der Waals surface area contributed by atoms with Crippen LogP contribution in [0.25, 0.3) is 0 Å². The van der Waals surface area contributed by atoms with Crippen LogP contribution in [0.5, 0.6) is 0 Å². The number of ether oxygens (including phenoxy) is 1. The Bertz CT molecular complexity index is 1440. The van der Waals surface area contributed by atoms with E-state index < -0.39 is 53.3 Å². The number of carbonyl (C=O) groups is 4. The van der Waals surface area contributed by atoms with Crippen LogP contribution in [0.1, 0.15) is 53.1 Å². The molecule has 1 amide bonds. The predicted octanol–water partition coefficient (Wildman–Crippen LogP) is 4.39. The molecule has 2 aromatic carbocycles. The van der Waals surface area contributed by atoms with Crippen molar-refractivity contribution >= 4 is 39.6 Å². The number of ketones is 1. The van der Waals surface area contributed by atoms with E-state index in [0.717, 1.165) is 35.4 Å². The zero-order valence-corrected chi connectivity index (χ0v) is 27.6. The first-order chi connectivity index (χ1) is 22.2. The number of amides is 1. The molecular formula is C32H37BrF4N4O6. The lowest BCUT2D eigenvalue weighted by molar-refractivity contribution is -0.255. The predicted molar refractivity (Wildman–Crippen MR) is 165 cm³/mol. The molecule has 0 aromatic heterocycles. The second-order valence-corrected chi connectivity index (χ2v) is 12.8. The van der Waals surface area contributed by atoms with E-state index in [0.29, 0.717) is 45.6 Å². The second kappa shape index (κ2) is 16.1. The minimum atomic E-state index is -4.59. The normalized spacial score (nSPS) is 18.2. The van der Waals surface area contributed by atoms with Gasteiger partial charge in [-0.15, -0.1) is 0 Å². The number of piperidine rings is 1. The number of carbonyl (C=O) groups excluding carboxylic acids is 4. The van der Waals surface area contributed by atoms with Crippen molar-refractivity contribution in [3.05, 3.63) is 69.4 Å². The number of esters is 1. The van der Waals surface area contributed by atoms with Gasteiger partial charge in [0.05, 0.1) is 18.0 Å². The second-order valence-electron chi connectivity index (χ2n) is 11.9. The SMILES string of the molecule is CN(C)C(=O)C(=O)OC1CCCCN1OC(=O)C1CN(CC[C@H](CNCC(=O)c2cc(Br)cc(C(F)(F)F)c2)c2ccc(F)cc2)C1. The summed E-state index contributed by atoms with van der Waals surface area (Å²) < 4.78 is 58.7. The number of Topliss-reactive ketones (excluding diaryl/α,β-unsaturated/α-hetero) is 1. The molecule has 10 nitrogen and oxygen atoms in total. The third-order valence-electron chi connectivity index (χ3n) is 8.08. The first-order valence-electron chi connectivity index (χ1n) is 15.2. The quantitative estimate of drug-likeness (QED) is 0.147. The summed E-state index contributed by atoms with van der Waals surface area (Å²) in [6.45, 7) is 1.93. The molecule has 2 aliphatic heterocycles. The number of likely N-dealkylation sites (tertiary alicyclic amines) is 1. The van der Waals surface area contributed by atoms with Gasteiger partial charge in [-0.2, -0.15) is 13.2 Å². The largest absolute Gasteiger partial charge is 0.436 e. The number of halogens is 5. The summed E-state index contributed by atoms with van der Waals surface area (Å²) in [6.07, 6.45) is -2.93. The molecule has 2 fully saturated rings. The van der Waals surface area contributed by atoms with Crippen LogP contribution in [0, 0.1) is 11.7 Å². The lowest BCUT2D eigenvalue weighted by atomic mass is 9.93. The number of hydrogen-bond acceptors (Lipinski definition) is 9. The van der Waals surface area contributed by atoms with E-state index in [1.54, 1.807) is 12.1 Å². The van der Waals surface area contributed by atoms with E-state index in [1.807, 2.05) is 0 Å². The molecule has 47 heavy (non-hydrogen) atoms. The van der Waals surface area contributed by atoms with Crippen LogP contribution < -0.4 is 5.32 Å². The molecule has 0 radical (unpaired) electrons. The number of rotatable bonds is 12. The zero-order chi connectivity index (χ0) is 34.3. The molecule has 2 aromatic rings. The highest BCUT2D eigenvalue weighted by Crippen LogP contribution is 2.32. The van der Waals surface area contributed by atoms with Crippen molar-refractivity contribution in [2.75, 3.05) is 53.4 Å². The van der Waals surface area contributed by atoms with Gasteiger partial charge in [0.1, 0.15) is 5.82 Å². The molecule has 1 N–H and O–H groups in total. The molecule has 2 heterocycles. The molecule has 1 unspecified atom stereocenters. The Hall–Kier alpha value is -3.40. The number of hydroxylamine groups is 2. The summed E-state index contributed by atoms with van der Waals surface area (Å²) in [4.78, 5) is 58.4. The van der Waals surface area contributed by atoms with Gasteiger partial charge in [-0.05, 0) is 67.6 Å². The highest BCUT2D eigenvalue weighted by molar-refractivity contribution is 9.10. The molecule has 2 saturated heterocycles. The average Bonchev–Trinajstić information content (AvgIpc) is 2.99. The van der Waals surface area contributed by atoms with Gasteiger partial charge in [0, 0.05) is 56.7 Å². The van der Waals surface area contributed by atoms with Crippen LogP contribution in [0.2, 0.25) is 0 Å². The summed E-state index contributed by atoms with van der Waals surface area (Å²) in [7, 11) is 2.88. The van der Waals surface area contributed by atoms with Gasteiger partial charge >= 0.3 is 24.0 Å². The molecule has 2 atom stereocenters. The van der Waals surface area contributed by atoms with E-state index >= 15 is 0 Å². The van der Waals surface area contributed by atoms with Crippen molar-refractivity contribution in [3.63, 3.8) is 0 Å². The summed E-state index contributed by atoms with van der Waals surface area (Å²) in [5, 5.41) is 4.36. The van der Waals surface area contributed by atoms with E-state index in [4.69, 9.17) is 9.57 Å². The highest BCUT2D eigenvalue weighted by Gasteiger charge is 2.38. The van der Waals surface area contributed by atoms with Crippen LogP contribution in [-0.2, 0) is 30.1 Å². The maximum atomic E-state index is 13.6. The number of alkyl halides is 3. The number of benzene rings is 2. The van der Waals surface area contributed by atoms with E-state index in [9.17, 15) is 36.7 Å². The molecule has 0 bridgehead atoms. The van der Waals surface area contributed by atoms with Crippen LogP contribution >= 0.6 is 15.9 Å². The van der Waals surface area contributed by atoms with Crippen LogP contribution in [0.4, 0.5) is 17.6 Å². The lowest BCUT2D eigenvalue weighted by Gasteiger charge is -2.40. The Morgan fingerprint density at radius 2 is 1.77 bits per heavy atom. The zero-order valence-electron chi connectivity index (χ0n) is 26.0. The third kappa shape index (κ3) is 10.3. The van der Waals surface area contributed by atoms with Gasteiger partial charge in [0.15, 0.2) is 12.0 Å². The topological polar surface area (TPSA) is 108 Å². The highest BCUT2D eigenvalue weighted by atomic mass is 79.9. The fraction of sp³-hybridized carbons (Fsp3) is 0.500. The fourth-order valence-corrected chi connectivity index (χ4v) is 5.87. The summed E-state index contributed by atoms with van der Waals surface area (Å²) in [5.74, 6) is -3.74. The third-order valence-corrected chi connectivity index (χ3v) is 8.54. The molecule has 0 spiro atoms. The van der Waals surface area contributed by atoms with Gasteiger partial charge < -0.3 is 24.7 Å². The summed E-state index contributed by atoms with van der Waals surface area (Å²) in [5.41, 5.74) is -0.179. The van der Waals surface area contributed by atoms with Gasteiger partial charge in [-0.1, -0.05) is 33.1 Å². The average molecular weight is 730 g/mol. The van der Waals surface area contributed by atoms with Gasteiger partial charge in [0.2, 0.25) is 0 Å². The van der Waals surface area contributed by atoms with Crippen molar-refractivity contribution in [3.8, 4) is 0 Å². The molecule has 2 aliphatic rings. The Kier molecular flexibility index (Phi) is 12.5. The standard InChI is InChI=1S/C32H37BrF4N4O6/c1-39(2)29(43)31(45)46-28-5-3-4-11-41(28)47-30(44)23-18-40(19-23)12-10-21(20-6-8-26(34)9-7-20)16-38-17-27(42)22-13-24(32(35,36)37)15-25(33)14-22/h6-9,13-15,21,23,28,38H,3-5,10-12,16-19H2,1-2H3/t21-,28?/m1/s1. The fourth-order valence-electron chi connectivity index (χ4n) is 5.38. The van der Waals surface area contributed by atoms with Gasteiger partial charge in [-0.3, -0.25) is 9.59 Å². The van der Waals surface area contributed by atoms with Gasteiger partial charge in [0.25, 0.3) is 0 Å². The van der Waals surface area contributed by atoms with Crippen LogP contribution in [0.3, 0.4) is 0 Å². The van der Waals surface area contributed by atoms with Crippen molar-refractivity contribution in [2.24, 2.45) is 5.92 Å². The monoisotopic (exact) mass is 728 g/mol. The molecule has 4 rings (SSSR count). The minimum absolute atomic E-state index is 0.0767. The number of likely N-dealkylation sites (N-methyl/N-ethyl adjacent to an activating group) is 1. The first-order valence-corrected chi connectivity index (χ1v) is 16.0. The smallest absolute Gasteiger partial charge is 0.416 e. The minimum Gasteiger partial charge on any atom is -0.436 e. The number of hydrogen-bond donors (Lipinski definition) is 1. The van der Waals surface area contributed by atoms with Crippen LogP contribution in [0.15, 0.2) is 46.9 Å². The van der Waals surface area contributed by atoms with Crippen molar-refractivity contribution < 1.29 is 46.3 Å². The molecule has 0 aliphatic carbocycles. The van der Waals surface area contributed by atoms with Crippen LogP contribution in [-0.4, -0.2) is 98.1 Å². The number of nitrogens with one attached hydrogen (secondary N) is 1. The Labute approximate surface area is 278 Å². The molecule has 256 valence electrons. The maximum Gasteiger partial charge on any atom is 0.416 e. The van der Waals surface area contributed by atoms with E-state index in [2.05, 4.69) is 26.1 Å². The van der Waals surface area contributed by atoms with Crippen molar-refractivity contribution in [1.29, 1.82) is 0 Å². The van der Waals surface area contributed by atoms with Crippen molar-refractivity contribution in [1.82, 2.24) is 20.2 Å². The summed E-state index contributed by atoms with van der Waals surface area (Å²) >= 11 is 3.04. The maximum absolute atomic E-state index is 13.6. The molecule has 0 saturated carbocycles. The Morgan fingerprint density at radius 1 is 1.06 bits per heavy atom. The van der Waals surface area contributed by atoms with E-state index in [-0.39, 0.29) is 22.5 Å².